The lowest BCUT2D eigenvalue weighted by atomic mass is 9.90. The molecule has 1 aliphatic heterocycles. The van der Waals surface area contributed by atoms with Crippen LogP contribution in [0.15, 0.2) is 30.3 Å². The van der Waals surface area contributed by atoms with Crippen molar-refractivity contribution in [2.24, 2.45) is 5.73 Å². The number of nitrogens with one attached hydrogen (secondary N) is 1. The molecule has 0 saturated carbocycles. The van der Waals surface area contributed by atoms with Gasteiger partial charge in [0.2, 0.25) is 5.91 Å². The van der Waals surface area contributed by atoms with Crippen LogP contribution in [0.25, 0.3) is 10.1 Å². The predicted molar refractivity (Wildman–Crippen MR) is 92.6 cm³/mol. The zero-order valence-electron chi connectivity index (χ0n) is 12.5. The van der Waals surface area contributed by atoms with Crippen molar-refractivity contribution < 1.29 is 9.53 Å². The van der Waals surface area contributed by atoms with Crippen molar-refractivity contribution in [2.45, 2.75) is 31.3 Å². The monoisotopic (exact) mass is 340 g/mol. The van der Waals surface area contributed by atoms with Gasteiger partial charge >= 0.3 is 0 Å². The standard InChI is InChI=1S/C16H20N2O2S.ClH/c1-11(14-10-12-4-2-3-5-13(12)21-14)18-15(19)16(17)6-8-20-9-7-16;/h2-5,10-11H,6-9,17H2,1H3,(H,18,19);1H. The Bertz CT molecular complexity index is 619. The molecule has 2 aromatic rings. The van der Waals surface area contributed by atoms with Crippen LogP contribution in [0, 0.1) is 0 Å². The molecule has 0 aliphatic carbocycles. The van der Waals surface area contributed by atoms with Crippen LogP contribution in [0.5, 0.6) is 0 Å². The second kappa shape index (κ2) is 6.96. The van der Waals surface area contributed by atoms with Gasteiger partial charge in [-0.05, 0) is 37.3 Å². The number of carbonyl (C=O) groups is 1. The van der Waals surface area contributed by atoms with Gasteiger partial charge in [0, 0.05) is 22.8 Å². The van der Waals surface area contributed by atoms with E-state index in [1.54, 1.807) is 11.3 Å². The first kappa shape index (κ1) is 17.2. The molecule has 1 saturated heterocycles. The molecular formula is C16H21ClN2O2S. The summed E-state index contributed by atoms with van der Waals surface area (Å²) < 4.78 is 6.52. The van der Waals surface area contributed by atoms with Gasteiger partial charge in [-0.1, -0.05) is 18.2 Å². The van der Waals surface area contributed by atoms with E-state index >= 15 is 0 Å². The van der Waals surface area contributed by atoms with Gasteiger partial charge in [0.15, 0.2) is 0 Å². The highest BCUT2D eigenvalue weighted by Crippen LogP contribution is 2.30. The smallest absolute Gasteiger partial charge is 0.240 e. The highest BCUT2D eigenvalue weighted by atomic mass is 35.5. The molecule has 120 valence electrons. The number of carbonyl (C=O) groups excluding carboxylic acids is 1. The summed E-state index contributed by atoms with van der Waals surface area (Å²) in [6, 6.07) is 10.4. The largest absolute Gasteiger partial charge is 0.381 e. The first-order chi connectivity index (χ1) is 10.1. The number of fused-ring (bicyclic) bond motifs is 1. The Labute approximate surface area is 140 Å². The molecule has 3 N–H and O–H groups in total. The molecule has 2 heterocycles. The van der Waals surface area contributed by atoms with Crippen LogP contribution in [0.3, 0.4) is 0 Å². The summed E-state index contributed by atoms with van der Waals surface area (Å²) in [5.74, 6) is -0.0734. The molecule has 0 spiro atoms. The van der Waals surface area contributed by atoms with E-state index in [0.717, 1.165) is 4.88 Å². The fraction of sp³-hybridized carbons (Fsp3) is 0.438. The van der Waals surface area contributed by atoms with Crippen LogP contribution in [0.2, 0.25) is 0 Å². The summed E-state index contributed by atoms with van der Waals surface area (Å²) in [6.07, 6.45) is 1.16. The Kier molecular flexibility index (Phi) is 5.45. The second-order valence-corrected chi connectivity index (χ2v) is 6.77. The number of rotatable bonds is 3. The second-order valence-electron chi connectivity index (χ2n) is 5.65. The summed E-state index contributed by atoms with van der Waals surface area (Å²) in [7, 11) is 0. The van der Waals surface area contributed by atoms with Gasteiger partial charge in [0.05, 0.1) is 11.6 Å². The molecule has 1 aliphatic rings. The number of halogens is 1. The third-order valence-electron chi connectivity index (χ3n) is 4.06. The van der Waals surface area contributed by atoms with Crippen molar-refractivity contribution in [3.8, 4) is 0 Å². The van der Waals surface area contributed by atoms with Crippen molar-refractivity contribution in [3.63, 3.8) is 0 Å². The minimum absolute atomic E-state index is 0. The number of hydrogen-bond donors (Lipinski definition) is 2. The van der Waals surface area contributed by atoms with E-state index in [9.17, 15) is 4.79 Å². The maximum absolute atomic E-state index is 12.4. The van der Waals surface area contributed by atoms with Crippen LogP contribution in [-0.4, -0.2) is 24.7 Å². The van der Waals surface area contributed by atoms with Crippen LogP contribution in [-0.2, 0) is 9.53 Å². The normalized spacial score (nSPS) is 18.5. The summed E-state index contributed by atoms with van der Waals surface area (Å²) in [5.41, 5.74) is 5.43. The maximum atomic E-state index is 12.4. The van der Waals surface area contributed by atoms with Gasteiger partial charge < -0.3 is 15.8 Å². The molecular weight excluding hydrogens is 320 g/mol. The molecule has 4 nitrogen and oxygen atoms in total. The first-order valence-corrected chi connectivity index (χ1v) is 8.06. The van der Waals surface area contributed by atoms with Crippen LogP contribution in [0.4, 0.5) is 0 Å². The Morgan fingerprint density at radius 1 is 1.36 bits per heavy atom. The number of thiophene rings is 1. The molecule has 1 unspecified atom stereocenters. The molecule has 1 aromatic heterocycles. The molecule has 6 heteroatoms. The minimum atomic E-state index is -0.788. The average molecular weight is 341 g/mol. The molecule has 22 heavy (non-hydrogen) atoms. The number of nitrogens with two attached hydrogens (primary N) is 1. The fourth-order valence-corrected chi connectivity index (χ4v) is 3.66. The van der Waals surface area contributed by atoms with E-state index in [2.05, 4.69) is 23.5 Å². The van der Waals surface area contributed by atoms with Gasteiger partial charge in [0.1, 0.15) is 0 Å². The third kappa shape index (κ3) is 3.43. The Hall–Kier alpha value is -1.14. The van der Waals surface area contributed by atoms with E-state index < -0.39 is 5.54 Å². The summed E-state index contributed by atoms with van der Waals surface area (Å²) in [5, 5.41) is 4.27. The maximum Gasteiger partial charge on any atom is 0.240 e. The van der Waals surface area contributed by atoms with Crippen LogP contribution in [0.1, 0.15) is 30.7 Å². The minimum Gasteiger partial charge on any atom is -0.381 e. The quantitative estimate of drug-likeness (QED) is 0.902. The third-order valence-corrected chi connectivity index (χ3v) is 5.35. The average Bonchev–Trinajstić information content (AvgIpc) is 2.92. The summed E-state index contributed by atoms with van der Waals surface area (Å²) >= 11 is 1.71. The van der Waals surface area contributed by atoms with Crippen molar-refractivity contribution >= 4 is 39.7 Å². The van der Waals surface area contributed by atoms with Crippen molar-refractivity contribution in [1.29, 1.82) is 0 Å². The molecule has 0 bridgehead atoms. The van der Waals surface area contributed by atoms with Gasteiger partial charge in [-0.25, -0.2) is 0 Å². The number of benzene rings is 1. The van der Waals surface area contributed by atoms with Crippen LogP contribution >= 0.6 is 23.7 Å². The van der Waals surface area contributed by atoms with E-state index in [1.807, 2.05) is 19.1 Å². The Morgan fingerprint density at radius 2 is 2.05 bits per heavy atom. The number of amides is 1. The van der Waals surface area contributed by atoms with Crippen LogP contribution < -0.4 is 11.1 Å². The summed E-state index contributed by atoms with van der Waals surface area (Å²) in [4.78, 5) is 13.6. The van der Waals surface area contributed by atoms with Gasteiger partial charge in [-0.3, -0.25) is 4.79 Å². The van der Waals surface area contributed by atoms with Gasteiger partial charge in [-0.2, -0.15) is 0 Å². The zero-order valence-corrected chi connectivity index (χ0v) is 14.1. The van der Waals surface area contributed by atoms with Crippen molar-refractivity contribution in [2.75, 3.05) is 13.2 Å². The lowest BCUT2D eigenvalue weighted by Gasteiger charge is -2.32. The van der Waals surface area contributed by atoms with E-state index in [1.165, 1.54) is 10.1 Å². The molecule has 3 rings (SSSR count). The lowest BCUT2D eigenvalue weighted by Crippen LogP contribution is -2.57. The predicted octanol–water partition coefficient (Wildman–Crippen LogP) is 3.01. The SMILES string of the molecule is CC(NC(=O)C1(N)CCOCC1)c1cc2ccccc2s1.Cl. The lowest BCUT2D eigenvalue weighted by molar-refractivity contribution is -0.130. The van der Waals surface area contributed by atoms with Crippen molar-refractivity contribution in [3.05, 3.63) is 35.2 Å². The molecule has 0 radical (unpaired) electrons. The Balaban J connectivity index is 0.00000176. The van der Waals surface area contributed by atoms with Crippen molar-refractivity contribution in [1.82, 2.24) is 5.32 Å². The van der Waals surface area contributed by atoms with E-state index in [0.29, 0.717) is 26.1 Å². The molecule has 1 atom stereocenters. The fourth-order valence-electron chi connectivity index (χ4n) is 2.59. The van der Waals surface area contributed by atoms with Gasteiger partial charge in [0.25, 0.3) is 0 Å². The van der Waals surface area contributed by atoms with Gasteiger partial charge in [-0.15, -0.1) is 23.7 Å². The number of hydrogen-bond acceptors (Lipinski definition) is 4. The highest BCUT2D eigenvalue weighted by molar-refractivity contribution is 7.19. The zero-order chi connectivity index (χ0) is 14.9. The van der Waals surface area contributed by atoms with E-state index in [4.69, 9.17) is 10.5 Å². The first-order valence-electron chi connectivity index (χ1n) is 7.24. The summed E-state index contributed by atoms with van der Waals surface area (Å²) in [6.45, 7) is 3.12. The Morgan fingerprint density at radius 3 is 2.73 bits per heavy atom. The molecule has 1 amide bonds. The highest BCUT2D eigenvalue weighted by Gasteiger charge is 2.36. The topological polar surface area (TPSA) is 64.4 Å². The van der Waals surface area contributed by atoms with E-state index in [-0.39, 0.29) is 24.4 Å². The molecule has 1 aromatic carbocycles. The number of ether oxygens (including phenoxy) is 1. The molecule has 1 fully saturated rings.